The first-order chi connectivity index (χ1) is 5.36. The van der Waals surface area contributed by atoms with Crippen molar-refractivity contribution < 1.29 is 4.39 Å². The van der Waals surface area contributed by atoms with Crippen molar-refractivity contribution >= 4 is 0 Å². The second kappa shape index (κ2) is 2.58. The molecular weight excluding hydrogens is 143 g/mol. The van der Waals surface area contributed by atoms with Crippen LogP contribution in [-0.2, 0) is 0 Å². The van der Waals surface area contributed by atoms with Crippen LogP contribution < -0.4 is 5.32 Å². The van der Waals surface area contributed by atoms with E-state index >= 15 is 0 Å². The average Bonchev–Trinajstić information content (AvgIpc) is 1.90. The molecule has 1 fully saturated rings. The van der Waals surface area contributed by atoms with Crippen LogP contribution in [0.25, 0.3) is 0 Å². The Bertz CT molecular complexity index is 241. The largest absolute Gasteiger partial charge is 0.310 e. The van der Waals surface area contributed by atoms with Gasteiger partial charge in [0, 0.05) is 12.2 Å². The molecule has 11 heavy (non-hydrogen) atoms. The quantitative estimate of drug-likeness (QED) is 0.613. The number of nitrogens with one attached hydrogen (secondary N) is 1. The van der Waals surface area contributed by atoms with Gasteiger partial charge < -0.3 is 5.32 Å². The van der Waals surface area contributed by atoms with Crippen molar-refractivity contribution in [3.63, 3.8) is 0 Å². The molecule has 3 heteroatoms. The maximum Gasteiger partial charge on any atom is 0.212 e. The molecule has 1 saturated heterocycles. The Balaban J connectivity index is 2.18. The Labute approximate surface area is 64.5 Å². The summed E-state index contributed by atoms with van der Waals surface area (Å²) in [5, 5.41) is 3.22. The van der Waals surface area contributed by atoms with Gasteiger partial charge in [-0.25, -0.2) is 4.98 Å². The molecule has 0 bridgehead atoms. The monoisotopic (exact) mass is 152 g/mol. The molecule has 0 amide bonds. The van der Waals surface area contributed by atoms with E-state index in [1.165, 1.54) is 6.07 Å². The highest BCUT2D eigenvalue weighted by atomic mass is 19.1. The molecule has 1 aromatic heterocycles. The summed E-state index contributed by atoms with van der Waals surface area (Å²) in [4.78, 5) is 3.58. The Morgan fingerprint density at radius 3 is 2.82 bits per heavy atom. The summed E-state index contributed by atoms with van der Waals surface area (Å²) in [6, 6.07) is 3.58. The molecule has 1 aliphatic heterocycles. The predicted molar refractivity (Wildman–Crippen MR) is 39.6 cm³/mol. The lowest BCUT2D eigenvalue weighted by Crippen LogP contribution is -2.34. The molecule has 0 spiro atoms. The van der Waals surface area contributed by atoms with Gasteiger partial charge in [0.05, 0.1) is 0 Å². The number of aromatic nitrogens is 1. The first-order valence-corrected chi connectivity index (χ1v) is 3.71. The lowest BCUT2D eigenvalue weighted by atomic mass is 10.0. The highest BCUT2D eigenvalue weighted by Gasteiger charge is 2.18. The van der Waals surface area contributed by atoms with Crippen LogP contribution in [0.1, 0.15) is 18.0 Å². The standard InChI is InChI=1S/C8H9FN2/c9-8-2-1-6(5-11-8)7-3-4-10-7/h1-2,5,7,10H,3-4H2/t7-/m1/s1. The smallest absolute Gasteiger partial charge is 0.212 e. The van der Waals surface area contributed by atoms with E-state index in [1.807, 2.05) is 0 Å². The number of nitrogens with zero attached hydrogens (tertiary/aromatic N) is 1. The summed E-state index contributed by atoms with van der Waals surface area (Å²) in [5.74, 6) is -0.409. The maximum absolute atomic E-state index is 12.3. The molecule has 0 radical (unpaired) electrons. The van der Waals surface area contributed by atoms with Crippen LogP contribution >= 0.6 is 0 Å². The number of rotatable bonds is 1. The van der Waals surface area contributed by atoms with Crippen molar-refractivity contribution in [3.05, 3.63) is 29.8 Å². The van der Waals surface area contributed by atoms with Crippen LogP contribution in [0.15, 0.2) is 18.3 Å². The minimum atomic E-state index is -0.409. The van der Waals surface area contributed by atoms with E-state index in [2.05, 4.69) is 10.3 Å². The minimum absolute atomic E-state index is 0.406. The first kappa shape index (κ1) is 6.73. The summed E-state index contributed by atoms with van der Waals surface area (Å²) >= 11 is 0. The van der Waals surface area contributed by atoms with Gasteiger partial charge in [0.15, 0.2) is 0 Å². The molecule has 1 N–H and O–H groups in total. The van der Waals surface area contributed by atoms with Crippen LogP contribution in [0.3, 0.4) is 0 Å². The van der Waals surface area contributed by atoms with E-state index in [1.54, 1.807) is 12.3 Å². The minimum Gasteiger partial charge on any atom is -0.310 e. The van der Waals surface area contributed by atoms with Crippen molar-refractivity contribution in [3.8, 4) is 0 Å². The van der Waals surface area contributed by atoms with Gasteiger partial charge in [0.2, 0.25) is 5.95 Å². The average molecular weight is 152 g/mol. The zero-order valence-electron chi connectivity index (χ0n) is 6.05. The SMILES string of the molecule is Fc1ccc([C@H]2CCN2)cn1. The number of halogens is 1. The van der Waals surface area contributed by atoms with Crippen molar-refractivity contribution in [2.75, 3.05) is 6.54 Å². The van der Waals surface area contributed by atoms with Gasteiger partial charge in [-0.3, -0.25) is 0 Å². The Kier molecular flexibility index (Phi) is 1.58. The third-order valence-corrected chi connectivity index (χ3v) is 1.98. The van der Waals surface area contributed by atoms with Gasteiger partial charge in [-0.2, -0.15) is 4.39 Å². The maximum atomic E-state index is 12.3. The fourth-order valence-electron chi connectivity index (χ4n) is 1.17. The topological polar surface area (TPSA) is 24.9 Å². The number of hydrogen-bond donors (Lipinski definition) is 1. The van der Waals surface area contributed by atoms with Crippen molar-refractivity contribution in [1.82, 2.24) is 10.3 Å². The second-order valence-corrected chi connectivity index (χ2v) is 2.71. The summed E-state index contributed by atoms with van der Waals surface area (Å²) in [5.41, 5.74) is 1.08. The summed E-state index contributed by atoms with van der Waals surface area (Å²) in [7, 11) is 0. The Morgan fingerprint density at radius 1 is 1.55 bits per heavy atom. The summed E-state index contributed by atoms with van der Waals surface area (Å²) in [6.45, 7) is 1.06. The van der Waals surface area contributed by atoms with E-state index in [4.69, 9.17) is 0 Å². The Hall–Kier alpha value is -0.960. The highest BCUT2D eigenvalue weighted by molar-refractivity contribution is 5.16. The fraction of sp³-hybridized carbons (Fsp3) is 0.375. The van der Waals surface area contributed by atoms with Crippen molar-refractivity contribution in [1.29, 1.82) is 0 Å². The molecule has 0 aliphatic carbocycles. The molecule has 0 aromatic carbocycles. The molecular formula is C8H9FN2. The second-order valence-electron chi connectivity index (χ2n) is 2.71. The lowest BCUT2D eigenvalue weighted by molar-refractivity contribution is 0.381. The lowest BCUT2D eigenvalue weighted by Gasteiger charge is -2.27. The van der Waals surface area contributed by atoms with Crippen molar-refractivity contribution in [2.24, 2.45) is 0 Å². The van der Waals surface area contributed by atoms with Gasteiger partial charge in [-0.15, -0.1) is 0 Å². The molecule has 1 aliphatic rings. The van der Waals surface area contributed by atoms with Crippen LogP contribution in [0.5, 0.6) is 0 Å². The predicted octanol–water partition coefficient (Wildman–Crippen LogP) is 1.26. The van der Waals surface area contributed by atoms with Gasteiger partial charge in [0.1, 0.15) is 0 Å². The summed E-state index contributed by atoms with van der Waals surface area (Å²) < 4.78 is 12.3. The first-order valence-electron chi connectivity index (χ1n) is 3.71. The molecule has 2 heterocycles. The van der Waals surface area contributed by atoms with Gasteiger partial charge in [-0.05, 0) is 24.6 Å². The molecule has 1 atom stereocenters. The Morgan fingerprint density at radius 2 is 2.36 bits per heavy atom. The molecule has 0 saturated carbocycles. The van der Waals surface area contributed by atoms with Crippen LogP contribution in [0.2, 0.25) is 0 Å². The van der Waals surface area contributed by atoms with E-state index < -0.39 is 5.95 Å². The molecule has 2 nitrogen and oxygen atoms in total. The molecule has 2 rings (SSSR count). The fourth-order valence-corrected chi connectivity index (χ4v) is 1.17. The third kappa shape index (κ3) is 1.24. The van der Waals surface area contributed by atoms with Crippen LogP contribution in [0.4, 0.5) is 4.39 Å². The van der Waals surface area contributed by atoms with Crippen LogP contribution in [-0.4, -0.2) is 11.5 Å². The van der Waals surface area contributed by atoms with E-state index in [-0.39, 0.29) is 0 Å². The van der Waals surface area contributed by atoms with E-state index in [9.17, 15) is 4.39 Å². The third-order valence-electron chi connectivity index (χ3n) is 1.98. The number of pyridine rings is 1. The summed E-state index contributed by atoms with van der Waals surface area (Å²) in [6.07, 6.45) is 2.72. The van der Waals surface area contributed by atoms with E-state index in [0.29, 0.717) is 6.04 Å². The van der Waals surface area contributed by atoms with Gasteiger partial charge >= 0.3 is 0 Å². The van der Waals surface area contributed by atoms with Gasteiger partial charge in [-0.1, -0.05) is 6.07 Å². The zero-order valence-corrected chi connectivity index (χ0v) is 6.05. The van der Waals surface area contributed by atoms with E-state index in [0.717, 1.165) is 18.5 Å². The van der Waals surface area contributed by atoms with Crippen molar-refractivity contribution in [2.45, 2.75) is 12.5 Å². The molecule has 1 aromatic rings. The highest BCUT2D eigenvalue weighted by Crippen LogP contribution is 2.21. The van der Waals surface area contributed by atoms with Gasteiger partial charge in [0.25, 0.3) is 0 Å². The molecule has 0 unspecified atom stereocenters. The number of hydrogen-bond acceptors (Lipinski definition) is 2. The van der Waals surface area contributed by atoms with Crippen LogP contribution in [0, 0.1) is 5.95 Å². The normalized spacial score (nSPS) is 22.8. The molecule has 58 valence electrons. The zero-order chi connectivity index (χ0) is 7.68.